The molecule has 19 heavy (non-hydrogen) atoms. The molecule has 1 fully saturated rings. The van der Waals surface area contributed by atoms with Gasteiger partial charge in [0.15, 0.2) is 0 Å². The van der Waals surface area contributed by atoms with Crippen LogP contribution in [0.3, 0.4) is 0 Å². The van der Waals surface area contributed by atoms with Crippen LogP contribution in [0.4, 0.5) is 0 Å². The first-order valence-electron chi connectivity index (χ1n) is 7.51. The fraction of sp³-hybridized carbons (Fsp3) is 0.933. The second-order valence-electron chi connectivity index (χ2n) is 5.64. The number of rotatable bonds is 8. The molecule has 1 aliphatic heterocycles. The highest BCUT2D eigenvalue weighted by atomic mass is 16.5. The maximum Gasteiger partial charge on any atom is 0.106 e. The number of hydrogen-bond acceptors (Lipinski definition) is 4. The van der Waals surface area contributed by atoms with Crippen LogP contribution in [-0.2, 0) is 4.74 Å². The molecule has 0 amide bonds. The van der Waals surface area contributed by atoms with Gasteiger partial charge in [-0.2, -0.15) is 5.26 Å². The van der Waals surface area contributed by atoms with Gasteiger partial charge in [-0.25, -0.2) is 0 Å². The van der Waals surface area contributed by atoms with E-state index in [1.54, 1.807) is 7.11 Å². The van der Waals surface area contributed by atoms with Crippen molar-refractivity contribution in [3.05, 3.63) is 0 Å². The third kappa shape index (κ3) is 5.10. The van der Waals surface area contributed by atoms with E-state index in [0.29, 0.717) is 0 Å². The van der Waals surface area contributed by atoms with Gasteiger partial charge in [0, 0.05) is 13.7 Å². The summed E-state index contributed by atoms with van der Waals surface area (Å²) < 4.78 is 5.22. The van der Waals surface area contributed by atoms with Gasteiger partial charge >= 0.3 is 0 Å². The smallest absolute Gasteiger partial charge is 0.106 e. The average molecular weight is 267 g/mol. The number of piperidine rings is 1. The Kier molecular flexibility index (Phi) is 7.37. The lowest BCUT2D eigenvalue weighted by atomic mass is 9.91. The van der Waals surface area contributed by atoms with Crippen molar-refractivity contribution in [1.82, 2.24) is 10.2 Å². The van der Waals surface area contributed by atoms with Crippen LogP contribution in [0.15, 0.2) is 0 Å². The zero-order valence-electron chi connectivity index (χ0n) is 12.7. The Morgan fingerprint density at radius 2 is 2.11 bits per heavy atom. The zero-order chi connectivity index (χ0) is 14.1. The van der Waals surface area contributed by atoms with E-state index in [2.05, 4.69) is 23.2 Å². The molecule has 1 rings (SSSR count). The maximum atomic E-state index is 9.27. The third-order valence-electron chi connectivity index (χ3n) is 4.48. The molecule has 0 saturated carbocycles. The van der Waals surface area contributed by atoms with Gasteiger partial charge in [-0.15, -0.1) is 0 Å². The summed E-state index contributed by atoms with van der Waals surface area (Å²) in [6.45, 7) is 6.46. The van der Waals surface area contributed by atoms with Crippen LogP contribution in [0.25, 0.3) is 0 Å². The molecule has 4 heteroatoms. The molecule has 1 aliphatic rings. The van der Waals surface area contributed by atoms with E-state index in [4.69, 9.17) is 4.74 Å². The minimum atomic E-state index is -0.325. The van der Waals surface area contributed by atoms with Crippen molar-refractivity contribution < 1.29 is 4.74 Å². The van der Waals surface area contributed by atoms with Crippen molar-refractivity contribution in [3.8, 4) is 6.07 Å². The van der Waals surface area contributed by atoms with Gasteiger partial charge in [0.05, 0.1) is 6.07 Å². The predicted octanol–water partition coefficient (Wildman–Crippen LogP) is 2.02. The topological polar surface area (TPSA) is 48.3 Å². The first-order chi connectivity index (χ1) is 9.19. The van der Waals surface area contributed by atoms with E-state index >= 15 is 0 Å². The molecule has 4 nitrogen and oxygen atoms in total. The normalized spacial score (nSPS) is 20.9. The van der Waals surface area contributed by atoms with E-state index < -0.39 is 0 Å². The van der Waals surface area contributed by atoms with Crippen molar-refractivity contribution in [2.75, 3.05) is 40.4 Å². The van der Waals surface area contributed by atoms with E-state index in [9.17, 15) is 5.26 Å². The van der Waals surface area contributed by atoms with Crippen molar-refractivity contribution in [2.45, 2.75) is 44.6 Å². The zero-order valence-corrected chi connectivity index (χ0v) is 12.7. The number of nitrogens with one attached hydrogen (secondary N) is 1. The Hall–Kier alpha value is -0.630. The van der Waals surface area contributed by atoms with Gasteiger partial charge in [0.2, 0.25) is 0 Å². The lowest BCUT2D eigenvalue weighted by Crippen LogP contribution is -2.42. The van der Waals surface area contributed by atoms with Gasteiger partial charge in [-0.1, -0.05) is 6.92 Å². The van der Waals surface area contributed by atoms with Crippen LogP contribution in [-0.4, -0.2) is 50.8 Å². The Morgan fingerprint density at radius 3 is 2.58 bits per heavy atom. The summed E-state index contributed by atoms with van der Waals surface area (Å²) in [7, 11) is 3.68. The minimum Gasteiger partial charge on any atom is -0.384 e. The number of nitriles is 1. The minimum absolute atomic E-state index is 0.325. The molecule has 0 bridgehead atoms. The van der Waals surface area contributed by atoms with Crippen LogP contribution in [0.1, 0.15) is 39.0 Å². The lowest BCUT2D eigenvalue weighted by Gasteiger charge is -2.32. The highest BCUT2D eigenvalue weighted by Crippen LogP contribution is 2.20. The molecule has 1 heterocycles. The van der Waals surface area contributed by atoms with Crippen molar-refractivity contribution in [2.24, 2.45) is 5.92 Å². The second kappa shape index (κ2) is 8.52. The first kappa shape index (κ1) is 16.4. The molecule has 1 unspecified atom stereocenters. The SMILES string of the molecule is CCC(C#N)(CCCN1CCC(COC)CC1)NC. The Labute approximate surface area is 118 Å². The summed E-state index contributed by atoms with van der Waals surface area (Å²) in [6, 6.07) is 2.43. The maximum absolute atomic E-state index is 9.27. The highest BCUT2D eigenvalue weighted by Gasteiger charge is 2.25. The van der Waals surface area contributed by atoms with Crippen molar-refractivity contribution in [3.63, 3.8) is 0 Å². The number of ether oxygens (including phenoxy) is 1. The summed E-state index contributed by atoms with van der Waals surface area (Å²) >= 11 is 0. The lowest BCUT2D eigenvalue weighted by molar-refractivity contribution is 0.0981. The molecule has 1 atom stereocenters. The second-order valence-corrected chi connectivity index (χ2v) is 5.64. The number of nitrogens with zero attached hydrogens (tertiary/aromatic N) is 2. The van der Waals surface area contributed by atoms with Crippen LogP contribution in [0.2, 0.25) is 0 Å². The summed E-state index contributed by atoms with van der Waals surface area (Å²) in [5.74, 6) is 0.743. The summed E-state index contributed by atoms with van der Waals surface area (Å²) in [5.41, 5.74) is -0.325. The Balaban J connectivity index is 2.22. The van der Waals surface area contributed by atoms with Crippen LogP contribution < -0.4 is 5.32 Å². The summed E-state index contributed by atoms with van der Waals surface area (Å²) in [5, 5.41) is 12.4. The predicted molar refractivity (Wildman–Crippen MR) is 78.0 cm³/mol. The van der Waals surface area contributed by atoms with Gasteiger partial charge in [0.1, 0.15) is 5.54 Å². The first-order valence-corrected chi connectivity index (χ1v) is 7.51. The standard InChI is InChI=1S/C15H29N3O/c1-4-15(13-16,17-2)8-5-9-18-10-6-14(7-11-18)12-19-3/h14,17H,4-12H2,1-3H3. The summed E-state index contributed by atoms with van der Waals surface area (Å²) in [4.78, 5) is 2.53. The van der Waals surface area contributed by atoms with Gasteiger partial charge in [-0.05, 0) is 64.7 Å². The molecule has 0 aromatic carbocycles. The van der Waals surface area contributed by atoms with Gasteiger partial charge in [0.25, 0.3) is 0 Å². The molecule has 0 radical (unpaired) electrons. The summed E-state index contributed by atoms with van der Waals surface area (Å²) in [6.07, 6.45) is 5.40. The quantitative estimate of drug-likeness (QED) is 0.731. The van der Waals surface area contributed by atoms with Crippen molar-refractivity contribution in [1.29, 1.82) is 5.26 Å². The largest absolute Gasteiger partial charge is 0.384 e. The van der Waals surface area contributed by atoms with Crippen LogP contribution >= 0.6 is 0 Å². The van der Waals surface area contributed by atoms with Crippen molar-refractivity contribution >= 4 is 0 Å². The Bertz CT molecular complexity index is 276. The van der Waals surface area contributed by atoms with Gasteiger partial charge < -0.3 is 15.0 Å². The number of methoxy groups -OCH3 is 1. The fourth-order valence-electron chi connectivity index (χ4n) is 2.89. The van der Waals surface area contributed by atoms with Crippen LogP contribution in [0.5, 0.6) is 0 Å². The van der Waals surface area contributed by atoms with E-state index in [1.807, 2.05) is 7.05 Å². The van der Waals surface area contributed by atoms with E-state index in [0.717, 1.165) is 38.3 Å². The molecule has 0 spiro atoms. The molecular formula is C15H29N3O. The van der Waals surface area contributed by atoms with Gasteiger partial charge in [-0.3, -0.25) is 0 Å². The highest BCUT2D eigenvalue weighted by molar-refractivity contribution is 5.05. The number of likely N-dealkylation sites (tertiary alicyclic amines) is 1. The monoisotopic (exact) mass is 267 g/mol. The van der Waals surface area contributed by atoms with Crippen LogP contribution in [0, 0.1) is 17.2 Å². The molecular weight excluding hydrogens is 238 g/mol. The molecule has 1 saturated heterocycles. The van der Waals surface area contributed by atoms with E-state index in [1.165, 1.54) is 25.9 Å². The molecule has 0 aliphatic carbocycles. The molecule has 1 N–H and O–H groups in total. The third-order valence-corrected chi connectivity index (χ3v) is 4.48. The van der Waals surface area contributed by atoms with E-state index in [-0.39, 0.29) is 5.54 Å². The number of hydrogen-bond donors (Lipinski definition) is 1. The average Bonchev–Trinajstić information content (AvgIpc) is 2.46. The molecule has 110 valence electrons. The Morgan fingerprint density at radius 1 is 1.42 bits per heavy atom. The molecule has 0 aromatic rings. The molecule has 0 aromatic heterocycles. The fourth-order valence-corrected chi connectivity index (χ4v) is 2.89.